The van der Waals surface area contributed by atoms with Gasteiger partial charge in [0, 0.05) is 38.6 Å². The number of aromatic nitrogens is 2. The summed E-state index contributed by atoms with van der Waals surface area (Å²) in [5, 5.41) is 8.57. The molecule has 0 bridgehead atoms. The molecule has 1 aromatic rings. The molecular weight excluding hydrogens is 287 g/mol. The molecule has 1 aliphatic rings. The lowest BCUT2D eigenvalue weighted by molar-refractivity contribution is 0.286. The molecule has 0 amide bonds. The Morgan fingerprint density at radius 2 is 1.68 bits per heavy atom. The molecule has 1 aliphatic heterocycles. The number of hydrogen-bond acceptors (Lipinski definition) is 5. The normalized spacial score (nSPS) is 14.7. The molecule has 7 heteroatoms. The molecule has 0 radical (unpaired) electrons. The minimum Gasteiger partial charge on any atom is -0.384 e. The van der Waals surface area contributed by atoms with Gasteiger partial charge in [-0.3, -0.25) is 4.90 Å². The summed E-state index contributed by atoms with van der Waals surface area (Å²) in [5.74, 6) is 6.40. The van der Waals surface area contributed by atoms with Crippen LogP contribution in [0.25, 0.3) is 0 Å². The van der Waals surface area contributed by atoms with Crippen molar-refractivity contribution in [3.63, 3.8) is 0 Å². The van der Waals surface area contributed by atoms with Crippen molar-refractivity contribution in [1.29, 1.82) is 0 Å². The summed E-state index contributed by atoms with van der Waals surface area (Å²) in [4.78, 5) is 12.9. The highest BCUT2D eigenvalue weighted by Crippen LogP contribution is 2.08. The van der Waals surface area contributed by atoms with Crippen LogP contribution < -0.4 is 4.90 Å². The predicted octanol–water partition coefficient (Wildman–Crippen LogP) is 0.438. The Morgan fingerprint density at radius 3 is 2.26 bits per heavy atom. The molecule has 1 N–H and O–H groups in total. The van der Waals surface area contributed by atoms with E-state index >= 15 is 0 Å². The summed E-state index contributed by atoms with van der Waals surface area (Å²) in [6.45, 7) is 4.42. The topological polar surface area (TPSA) is 52.5 Å². The van der Waals surface area contributed by atoms with E-state index in [0.29, 0.717) is 0 Å². The second-order valence-corrected chi connectivity index (χ2v) is 3.82. The fourth-order valence-corrected chi connectivity index (χ4v) is 1.78. The van der Waals surface area contributed by atoms with Crippen molar-refractivity contribution in [2.24, 2.45) is 0 Å². The van der Waals surface area contributed by atoms with Crippen molar-refractivity contribution in [3.05, 3.63) is 18.5 Å². The van der Waals surface area contributed by atoms with Gasteiger partial charge in [-0.15, -0.1) is 24.8 Å². The van der Waals surface area contributed by atoms with Crippen molar-refractivity contribution in [2.45, 2.75) is 0 Å². The summed E-state index contributed by atoms with van der Waals surface area (Å²) in [6.07, 6.45) is 3.53. The fourth-order valence-electron chi connectivity index (χ4n) is 1.78. The van der Waals surface area contributed by atoms with E-state index in [-0.39, 0.29) is 31.4 Å². The molecule has 0 atom stereocenters. The van der Waals surface area contributed by atoms with E-state index in [1.54, 1.807) is 12.4 Å². The Labute approximate surface area is 125 Å². The summed E-state index contributed by atoms with van der Waals surface area (Å²) >= 11 is 0. The first kappa shape index (κ1) is 17.9. The van der Waals surface area contributed by atoms with E-state index < -0.39 is 0 Å². The van der Waals surface area contributed by atoms with E-state index in [9.17, 15) is 0 Å². The molecule has 19 heavy (non-hydrogen) atoms. The molecule has 0 saturated carbocycles. The fraction of sp³-hybridized carbons (Fsp3) is 0.500. The Morgan fingerprint density at radius 1 is 1.05 bits per heavy atom. The van der Waals surface area contributed by atoms with Crippen molar-refractivity contribution < 1.29 is 5.11 Å². The molecule has 0 aromatic carbocycles. The summed E-state index contributed by atoms with van der Waals surface area (Å²) in [6, 6.07) is 1.82. The minimum atomic E-state index is -0.0577. The van der Waals surface area contributed by atoms with Crippen LogP contribution >= 0.6 is 24.8 Å². The van der Waals surface area contributed by atoms with Crippen LogP contribution in [0.5, 0.6) is 0 Å². The lowest BCUT2D eigenvalue weighted by Gasteiger charge is -2.33. The van der Waals surface area contributed by atoms with Crippen molar-refractivity contribution in [2.75, 3.05) is 44.2 Å². The van der Waals surface area contributed by atoms with Crippen LogP contribution in [0.4, 0.5) is 5.95 Å². The second kappa shape index (κ2) is 9.82. The van der Waals surface area contributed by atoms with E-state index in [4.69, 9.17) is 5.11 Å². The molecule has 5 nitrogen and oxygen atoms in total. The van der Waals surface area contributed by atoms with Gasteiger partial charge in [0.25, 0.3) is 0 Å². The highest BCUT2D eigenvalue weighted by Gasteiger charge is 2.17. The number of aliphatic hydroxyl groups is 1. The van der Waals surface area contributed by atoms with Gasteiger partial charge in [-0.25, -0.2) is 9.97 Å². The van der Waals surface area contributed by atoms with Gasteiger partial charge in [0.2, 0.25) is 5.95 Å². The maximum absolute atomic E-state index is 8.57. The van der Waals surface area contributed by atoms with Crippen LogP contribution in [-0.2, 0) is 0 Å². The monoisotopic (exact) mass is 304 g/mol. The van der Waals surface area contributed by atoms with Crippen molar-refractivity contribution in [1.82, 2.24) is 14.9 Å². The highest BCUT2D eigenvalue weighted by molar-refractivity contribution is 5.85. The molecule has 0 aliphatic carbocycles. The molecule has 1 fully saturated rings. The van der Waals surface area contributed by atoms with E-state index in [1.165, 1.54) is 0 Å². The molecule has 1 saturated heterocycles. The van der Waals surface area contributed by atoms with Crippen LogP contribution in [0.2, 0.25) is 0 Å². The average Bonchev–Trinajstić information content (AvgIpc) is 2.41. The average molecular weight is 305 g/mol. The van der Waals surface area contributed by atoms with Gasteiger partial charge in [0.15, 0.2) is 0 Å². The quantitative estimate of drug-likeness (QED) is 0.804. The van der Waals surface area contributed by atoms with Crippen LogP contribution in [0, 0.1) is 11.8 Å². The first-order chi connectivity index (χ1) is 8.40. The van der Waals surface area contributed by atoms with Crippen molar-refractivity contribution in [3.8, 4) is 11.8 Å². The molecule has 0 spiro atoms. The zero-order valence-electron chi connectivity index (χ0n) is 10.5. The molecular formula is C12H18Cl2N4O. The van der Waals surface area contributed by atoms with Gasteiger partial charge >= 0.3 is 0 Å². The maximum Gasteiger partial charge on any atom is 0.225 e. The Balaban J connectivity index is 0.00000162. The number of nitrogens with zero attached hydrogens (tertiary/aromatic N) is 4. The van der Waals surface area contributed by atoms with Gasteiger partial charge in [0.1, 0.15) is 6.61 Å². The SMILES string of the molecule is Cl.Cl.OCC#CCN1CCN(c2ncccn2)CC1. The summed E-state index contributed by atoms with van der Waals surface area (Å²) in [5.41, 5.74) is 0. The third-order valence-electron chi connectivity index (χ3n) is 2.71. The van der Waals surface area contributed by atoms with Gasteiger partial charge in [-0.05, 0) is 6.07 Å². The zero-order valence-corrected chi connectivity index (χ0v) is 12.2. The van der Waals surface area contributed by atoms with Crippen LogP contribution in [0.15, 0.2) is 18.5 Å². The van der Waals surface area contributed by atoms with Crippen LogP contribution in [-0.4, -0.2) is 59.3 Å². The first-order valence-corrected chi connectivity index (χ1v) is 5.71. The van der Waals surface area contributed by atoms with Gasteiger partial charge < -0.3 is 10.0 Å². The lowest BCUT2D eigenvalue weighted by Crippen LogP contribution is -2.47. The Hall–Kier alpha value is -1.06. The van der Waals surface area contributed by atoms with E-state index in [0.717, 1.165) is 38.7 Å². The van der Waals surface area contributed by atoms with Gasteiger partial charge in [0.05, 0.1) is 6.54 Å². The van der Waals surface area contributed by atoms with Crippen LogP contribution in [0.3, 0.4) is 0 Å². The molecule has 2 rings (SSSR count). The molecule has 1 aromatic heterocycles. The van der Waals surface area contributed by atoms with E-state index in [2.05, 4.69) is 31.6 Å². The Kier molecular flexibility index (Phi) is 9.27. The molecule has 2 heterocycles. The van der Waals surface area contributed by atoms with Gasteiger partial charge in [-0.1, -0.05) is 11.8 Å². The summed E-state index contributed by atoms with van der Waals surface area (Å²) in [7, 11) is 0. The third-order valence-corrected chi connectivity index (χ3v) is 2.71. The smallest absolute Gasteiger partial charge is 0.225 e. The number of rotatable bonds is 2. The number of hydrogen-bond donors (Lipinski definition) is 1. The number of aliphatic hydroxyl groups excluding tert-OH is 1. The summed E-state index contributed by atoms with van der Waals surface area (Å²) < 4.78 is 0. The minimum absolute atomic E-state index is 0. The maximum atomic E-state index is 8.57. The number of piperazine rings is 1. The standard InChI is InChI=1S/C12H16N4O.2ClH/c17-11-2-1-6-15-7-9-16(10-8-15)12-13-4-3-5-14-12;;/h3-5,17H,6-11H2;2*1H. The lowest BCUT2D eigenvalue weighted by atomic mass is 10.3. The highest BCUT2D eigenvalue weighted by atomic mass is 35.5. The molecule has 106 valence electrons. The number of anilines is 1. The van der Waals surface area contributed by atoms with Crippen LogP contribution in [0.1, 0.15) is 0 Å². The first-order valence-electron chi connectivity index (χ1n) is 5.71. The largest absolute Gasteiger partial charge is 0.384 e. The second-order valence-electron chi connectivity index (χ2n) is 3.82. The number of halogens is 2. The van der Waals surface area contributed by atoms with Gasteiger partial charge in [-0.2, -0.15) is 0 Å². The van der Waals surface area contributed by atoms with Crippen molar-refractivity contribution >= 4 is 30.8 Å². The Bertz CT molecular complexity index is 399. The third kappa shape index (κ3) is 5.62. The van der Waals surface area contributed by atoms with E-state index in [1.807, 2.05) is 6.07 Å². The molecule has 0 unspecified atom stereocenters. The predicted molar refractivity (Wildman–Crippen MR) is 80.0 cm³/mol. The zero-order chi connectivity index (χ0) is 11.9.